The number of carbonyl (C=O) groups is 2. The van der Waals surface area contributed by atoms with E-state index in [-0.39, 0.29) is 24.6 Å². The molecule has 0 atom stereocenters. The van der Waals surface area contributed by atoms with Gasteiger partial charge in [-0.05, 0) is 19.4 Å². The van der Waals surface area contributed by atoms with Crippen molar-refractivity contribution in [3.63, 3.8) is 0 Å². The van der Waals surface area contributed by atoms with Crippen LogP contribution in [-0.4, -0.2) is 18.9 Å². The van der Waals surface area contributed by atoms with Gasteiger partial charge >= 0.3 is 5.97 Å². The molecule has 0 aliphatic carbocycles. The van der Waals surface area contributed by atoms with E-state index in [0.717, 1.165) is 11.1 Å². The lowest BCUT2D eigenvalue weighted by Gasteiger charge is -2.05. The highest BCUT2D eigenvalue weighted by Gasteiger charge is 2.11. The second-order valence-electron chi connectivity index (χ2n) is 3.82. The third kappa shape index (κ3) is 3.19. The van der Waals surface area contributed by atoms with Crippen molar-refractivity contribution in [2.24, 2.45) is 0 Å². The molecule has 3 nitrogen and oxygen atoms in total. The molecule has 0 amide bonds. The molecule has 0 radical (unpaired) electrons. The first kappa shape index (κ1) is 12.4. The molecule has 0 spiro atoms. The molecule has 0 N–H and O–H groups in total. The molecular weight excluding hydrogens is 204 g/mol. The van der Waals surface area contributed by atoms with E-state index in [1.54, 1.807) is 0 Å². The predicted molar refractivity (Wildman–Crippen MR) is 61.5 cm³/mol. The number of Topliss-reactive ketones (excluding diaryl/α,β-unsaturated/α-hetero) is 1. The fourth-order valence-corrected chi connectivity index (χ4v) is 1.58. The molecular formula is C13H16O3. The molecule has 0 unspecified atom stereocenters. The van der Waals surface area contributed by atoms with E-state index in [1.807, 2.05) is 32.0 Å². The van der Waals surface area contributed by atoms with Crippen molar-refractivity contribution in [1.29, 1.82) is 0 Å². The molecule has 0 aliphatic heterocycles. The van der Waals surface area contributed by atoms with Gasteiger partial charge in [0.15, 0.2) is 5.78 Å². The van der Waals surface area contributed by atoms with Crippen molar-refractivity contribution >= 4 is 11.8 Å². The Morgan fingerprint density at radius 2 is 1.88 bits per heavy atom. The van der Waals surface area contributed by atoms with Crippen molar-refractivity contribution in [2.75, 3.05) is 7.11 Å². The van der Waals surface area contributed by atoms with E-state index in [2.05, 4.69) is 4.74 Å². The van der Waals surface area contributed by atoms with Crippen LogP contribution in [0.1, 0.15) is 34.3 Å². The lowest BCUT2D eigenvalue weighted by molar-refractivity contribution is -0.140. The van der Waals surface area contributed by atoms with Crippen LogP contribution in [0.4, 0.5) is 0 Å². The highest BCUT2D eigenvalue weighted by Crippen LogP contribution is 2.13. The summed E-state index contributed by atoms with van der Waals surface area (Å²) >= 11 is 0. The molecule has 0 fully saturated rings. The zero-order valence-corrected chi connectivity index (χ0v) is 9.87. The summed E-state index contributed by atoms with van der Waals surface area (Å²) in [5, 5.41) is 0. The van der Waals surface area contributed by atoms with Crippen LogP contribution in [0.2, 0.25) is 0 Å². The fourth-order valence-electron chi connectivity index (χ4n) is 1.58. The van der Waals surface area contributed by atoms with Crippen LogP contribution in [0, 0.1) is 13.8 Å². The Balaban J connectivity index is 2.70. The van der Waals surface area contributed by atoms with Gasteiger partial charge in [-0.15, -0.1) is 0 Å². The number of hydrogen-bond acceptors (Lipinski definition) is 3. The van der Waals surface area contributed by atoms with Crippen LogP contribution in [0.15, 0.2) is 18.2 Å². The quantitative estimate of drug-likeness (QED) is 0.578. The Hall–Kier alpha value is -1.64. The number of rotatable bonds is 4. The minimum atomic E-state index is -0.349. The van der Waals surface area contributed by atoms with Crippen molar-refractivity contribution in [3.8, 4) is 0 Å². The lowest BCUT2D eigenvalue weighted by Crippen LogP contribution is -2.07. The molecule has 0 saturated heterocycles. The molecule has 0 heterocycles. The average molecular weight is 220 g/mol. The molecule has 1 aromatic rings. The third-order valence-electron chi connectivity index (χ3n) is 2.47. The van der Waals surface area contributed by atoms with Crippen molar-refractivity contribution in [1.82, 2.24) is 0 Å². The van der Waals surface area contributed by atoms with E-state index in [9.17, 15) is 9.59 Å². The molecule has 16 heavy (non-hydrogen) atoms. The van der Waals surface area contributed by atoms with Gasteiger partial charge in [0.25, 0.3) is 0 Å². The van der Waals surface area contributed by atoms with Crippen LogP contribution in [-0.2, 0) is 9.53 Å². The van der Waals surface area contributed by atoms with Gasteiger partial charge in [0.2, 0.25) is 0 Å². The summed E-state index contributed by atoms with van der Waals surface area (Å²) in [6.45, 7) is 3.88. The number of ketones is 1. The minimum Gasteiger partial charge on any atom is -0.469 e. The number of ether oxygens (including phenoxy) is 1. The topological polar surface area (TPSA) is 43.4 Å². The predicted octanol–water partition coefficient (Wildman–Crippen LogP) is 2.44. The number of aryl methyl sites for hydroxylation is 2. The summed E-state index contributed by atoms with van der Waals surface area (Å²) in [6, 6.07) is 5.67. The van der Waals surface area contributed by atoms with Crippen LogP contribution in [0.25, 0.3) is 0 Å². The molecule has 3 heteroatoms. The van der Waals surface area contributed by atoms with E-state index in [1.165, 1.54) is 7.11 Å². The summed E-state index contributed by atoms with van der Waals surface area (Å²) in [4.78, 5) is 22.7. The van der Waals surface area contributed by atoms with Gasteiger partial charge in [-0.3, -0.25) is 9.59 Å². The smallest absolute Gasteiger partial charge is 0.305 e. The summed E-state index contributed by atoms with van der Waals surface area (Å²) < 4.78 is 4.49. The summed E-state index contributed by atoms with van der Waals surface area (Å²) in [5.74, 6) is -0.360. The molecule has 0 aliphatic rings. The monoisotopic (exact) mass is 220 g/mol. The van der Waals surface area contributed by atoms with E-state index in [4.69, 9.17) is 0 Å². The second-order valence-corrected chi connectivity index (χ2v) is 3.82. The maximum absolute atomic E-state index is 11.8. The Kier molecular flexibility index (Phi) is 4.23. The highest BCUT2D eigenvalue weighted by molar-refractivity contribution is 5.98. The normalized spacial score (nSPS) is 9.94. The number of hydrogen-bond donors (Lipinski definition) is 0. The Bertz CT molecular complexity index is 408. The summed E-state index contributed by atoms with van der Waals surface area (Å²) in [7, 11) is 1.32. The zero-order valence-electron chi connectivity index (χ0n) is 9.87. The maximum atomic E-state index is 11.8. The van der Waals surface area contributed by atoms with Gasteiger partial charge in [-0.2, -0.15) is 0 Å². The number of methoxy groups -OCH3 is 1. The molecule has 86 valence electrons. The van der Waals surface area contributed by atoms with Gasteiger partial charge in [-0.25, -0.2) is 0 Å². The SMILES string of the molecule is COC(=O)CCC(=O)c1ccc(C)cc1C. The van der Waals surface area contributed by atoms with E-state index >= 15 is 0 Å². The molecule has 1 aromatic carbocycles. The number of benzene rings is 1. The maximum Gasteiger partial charge on any atom is 0.305 e. The average Bonchev–Trinajstić information content (AvgIpc) is 2.25. The Labute approximate surface area is 95.4 Å². The van der Waals surface area contributed by atoms with Crippen LogP contribution in [0.3, 0.4) is 0 Å². The number of esters is 1. The summed E-state index contributed by atoms with van der Waals surface area (Å²) in [6.07, 6.45) is 0.346. The van der Waals surface area contributed by atoms with Gasteiger partial charge in [0, 0.05) is 12.0 Å². The second kappa shape index (κ2) is 5.45. The van der Waals surface area contributed by atoms with Gasteiger partial charge in [0.05, 0.1) is 13.5 Å². The molecule has 1 rings (SSSR count). The van der Waals surface area contributed by atoms with Gasteiger partial charge in [0.1, 0.15) is 0 Å². The Morgan fingerprint density at radius 1 is 1.19 bits per heavy atom. The van der Waals surface area contributed by atoms with E-state index < -0.39 is 0 Å². The van der Waals surface area contributed by atoms with Crippen LogP contribution in [0.5, 0.6) is 0 Å². The Morgan fingerprint density at radius 3 is 2.44 bits per heavy atom. The standard InChI is InChI=1S/C13H16O3/c1-9-4-5-11(10(2)8-9)12(14)6-7-13(15)16-3/h4-5,8H,6-7H2,1-3H3. The van der Waals surface area contributed by atoms with Crippen molar-refractivity contribution in [2.45, 2.75) is 26.7 Å². The molecule has 0 bridgehead atoms. The first-order chi connectivity index (χ1) is 7.54. The highest BCUT2D eigenvalue weighted by atomic mass is 16.5. The fraction of sp³-hybridized carbons (Fsp3) is 0.385. The van der Waals surface area contributed by atoms with Crippen LogP contribution < -0.4 is 0 Å². The first-order valence-corrected chi connectivity index (χ1v) is 5.22. The molecule has 0 aromatic heterocycles. The van der Waals surface area contributed by atoms with Crippen molar-refractivity contribution < 1.29 is 14.3 Å². The van der Waals surface area contributed by atoms with Crippen LogP contribution >= 0.6 is 0 Å². The summed E-state index contributed by atoms with van der Waals surface area (Å²) in [5.41, 5.74) is 2.77. The van der Waals surface area contributed by atoms with Gasteiger partial charge in [-0.1, -0.05) is 23.8 Å². The number of carbonyl (C=O) groups excluding carboxylic acids is 2. The largest absolute Gasteiger partial charge is 0.469 e. The minimum absolute atomic E-state index is 0.0112. The molecule has 0 saturated carbocycles. The van der Waals surface area contributed by atoms with Crippen molar-refractivity contribution in [3.05, 3.63) is 34.9 Å². The zero-order chi connectivity index (χ0) is 12.1. The van der Waals surface area contributed by atoms with E-state index in [0.29, 0.717) is 5.56 Å². The lowest BCUT2D eigenvalue weighted by atomic mass is 10.00. The van der Waals surface area contributed by atoms with Gasteiger partial charge < -0.3 is 4.74 Å². The third-order valence-corrected chi connectivity index (χ3v) is 2.47. The first-order valence-electron chi connectivity index (χ1n) is 5.22.